The number of sulfone groups is 1. The first kappa shape index (κ1) is 18.1. The highest BCUT2D eigenvalue weighted by Gasteiger charge is 2.23. The normalized spacial score (nSPS) is 17.4. The van der Waals surface area contributed by atoms with Gasteiger partial charge in [0.05, 0.1) is 18.1 Å². The fourth-order valence-electron chi connectivity index (χ4n) is 2.01. The number of nitrogens with one attached hydrogen (secondary N) is 1. The van der Waals surface area contributed by atoms with Crippen molar-refractivity contribution in [2.45, 2.75) is 0 Å². The molecule has 1 N–H and O–H groups in total. The molecule has 0 atom stereocenters. The average Bonchev–Trinajstić information content (AvgIpc) is 2.50. The molecule has 0 bridgehead atoms. The molecule has 1 aromatic rings. The molecule has 0 spiro atoms. The maximum Gasteiger partial charge on any atom is 0.320 e. The zero-order valence-corrected chi connectivity index (χ0v) is 15.3. The van der Waals surface area contributed by atoms with Crippen LogP contribution in [0.1, 0.15) is 0 Å². The summed E-state index contributed by atoms with van der Waals surface area (Å²) < 4.78 is 28.6. The van der Waals surface area contributed by atoms with Gasteiger partial charge in [0.2, 0.25) is 0 Å². The van der Waals surface area contributed by atoms with Gasteiger partial charge >= 0.3 is 5.97 Å². The Morgan fingerprint density at radius 3 is 2.39 bits per heavy atom. The van der Waals surface area contributed by atoms with E-state index in [2.05, 4.69) is 27.9 Å². The van der Waals surface area contributed by atoms with Crippen LogP contribution in [0.15, 0.2) is 24.3 Å². The van der Waals surface area contributed by atoms with Gasteiger partial charge in [-0.1, -0.05) is 0 Å². The van der Waals surface area contributed by atoms with Crippen molar-refractivity contribution in [1.29, 1.82) is 0 Å². The van der Waals surface area contributed by atoms with E-state index in [4.69, 9.17) is 4.74 Å². The van der Waals surface area contributed by atoms with Crippen LogP contribution in [0.3, 0.4) is 0 Å². The van der Waals surface area contributed by atoms with Crippen molar-refractivity contribution in [3.8, 4) is 0 Å². The lowest BCUT2D eigenvalue weighted by Gasteiger charge is -2.25. The second kappa shape index (κ2) is 8.06. The molecule has 1 saturated heterocycles. The van der Waals surface area contributed by atoms with Crippen molar-refractivity contribution in [3.63, 3.8) is 0 Å². The molecule has 0 saturated carbocycles. The minimum atomic E-state index is -2.97. The third kappa shape index (κ3) is 6.43. The molecule has 1 aromatic carbocycles. The van der Waals surface area contributed by atoms with Crippen LogP contribution in [-0.2, 0) is 24.2 Å². The summed E-state index contributed by atoms with van der Waals surface area (Å²) in [5.74, 6) is -0.857. The van der Waals surface area contributed by atoms with Crippen LogP contribution < -0.4 is 5.32 Å². The first-order chi connectivity index (χ1) is 10.8. The van der Waals surface area contributed by atoms with Crippen molar-refractivity contribution in [2.24, 2.45) is 0 Å². The maximum atomic E-state index is 11.7. The number of rotatable bonds is 5. The first-order valence-corrected chi connectivity index (χ1v) is 9.88. The van der Waals surface area contributed by atoms with E-state index in [9.17, 15) is 18.0 Å². The zero-order valence-electron chi connectivity index (χ0n) is 12.3. The van der Waals surface area contributed by atoms with Crippen LogP contribution in [0.4, 0.5) is 5.69 Å². The number of carbonyl (C=O) groups is 2. The van der Waals surface area contributed by atoms with Crippen LogP contribution in [0, 0.1) is 3.57 Å². The Bertz CT molecular complexity index is 661. The van der Waals surface area contributed by atoms with E-state index in [0.717, 1.165) is 3.57 Å². The minimum Gasteiger partial charge on any atom is -0.455 e. The van der Waals surface area contributed by atoms with Crippen molar-refractivity contribution in [1.82, 2.24) is 4.90 Å². The molecule has 126 valence electrons. The van der Waals surface area contributed by atoms with E-state index in [-0.39, 0.29) is 24.7 Å². The third-order valence-corrected chi connectivity index (χ3v) is 5.61. The van der Waals surface area contributed by atoms with Crippen LogP contribution in [0.5, 0.6) is 0 Å². The third-order valence-electron chi connectivity index (χ3n) is 3.28. The summed E-state index contributed by atoms with van der Waals surface area (Å²) in [5, 5.41) is 2.63. The average molecular weight is 452 g/mol. The monoisotopic (exact) mass is 452 g/mol. The molecule has 7 nitrogen and oxygen atoms in total. The second-order valence-electron chi connectivity index (χ2n) is 5.14. The molecule has 1 heterocycles. The van der Waals surface area contributed by atoms with Crippen molar-refractivity contribution in [2.75, 3.05) is 43.1 Å². The van der Waals surface area contributed by atoms with Crippen LogP contribution in [0.2, 0.25) is 0 Å². The van der Waals surface area contributed by atoms with E-state index in [1.807, 2.05) is 12.1 Å². The molecule has 9 heteroatoms. The summed E-state index contributed by atoms with van der Waals surface area (Å²) in [5.41, 5.74) is 0.632. The van der Waals surface area contributed by atoms with Gasteiger partial charge in [-0.15, -0.1) is 0 Å². The number of hydrogen-bond acceptors (Lipinski definition) is 6. The Hall–Kier alpha value is -1.20. The highest BCUT2D eigenvalue weighted by Crippen LogP contribution is 2.11. The lowest BCUT2D eigenvalue weighted by Crippen LogP contribution is -2.43. The van der Waals surface area contributed by atoms with Crippen molar-refractivity contribution in [3.05, 3.63) is 27.8 Å². The van der Waals surface area contributed by atoms with E-state index < -0.39 is 21.7 Å². The number of halogens is 1. The number of amides is 1. The van der Waals surface area contributed by atoms with Gasteiger partial charge in [-0.2, -0.15) is 0 Å². The summed E-state index contributed by atoms with van der Waals surface area (Å²) in [7, 11) is -2.97. The molecule has 1 aliphatic heterocycles. The number of hydrogen-bond donors (Lipinski definition) is 1. The van der Waals surface area contributed by atoms with Gasteiger partial charge in [0.15, 0.2) is 16.4 Å². The predicted molar refractivity (Wildman–Crippen MR) is 93.8 cm³/mol. The van der Waals surface area contributed by atoms with E-state index in [1.165, 1.54) is 0 Å². The van der Waals surface area contributed by atoms with E-state index >= 15 is 0 Å². The molecule has 0 radical (unpaired) electrons. The molecule has 1 fully saturated rings. The number of carbonyl (C=O) groups excluding carboxylic acids is 2. The topological polar surface area (TPSA) is 92.8 Å². The molecule has 0 aliphatic carbocycles. The molecule has 1 amide bonds. The van der Waals surface area contributed by atoms with Gasteiger partial charge in [0.25, 0.3) is 5.91 Å². The summed E-state index contributed by atoms with van der Waals surface area (Å²) in [6, 6.07) is 7.23. The fraction of sp³-hybridized carbons (Fsp3) is 0.429. The van der Waals surface area contributed by atoms with Gasteiger partial charge in [-0.25, -0.2) is 8.42 Å². The van der Waals surface area contributed by atoms with Crippen molar-refractivity contribution < 1.29 is 22.7 Å². The van der Waals surface area contributed by atoms with Gasteiger partial charge in [-0.05, 0) is 46.9 Å². The maximum absolute atomic E-state index is 11.7. The lowest BCUT2D eigenvalue weighted by molar-refractivity contribution is -0.148. The van der Waals surface area contributed by atoms with Crippen LogP contribution >= 0.6 is 22.6 Å². The van der Waals surface area contributed by atoms with Gasteiger partial charge in [-0.3, -0.25) is 14.5 Å². The Labute approximate surface area is 148 Å². The largest absolute Gasteiger partial charge is 0.455 e. The molecule has 0 aromatic heterocycles. The van der Waals surface area contributed by atoms with Gasteiger partial charge in [0.1, 0.15) is 0 Å². The van der Waals surface area contributed by atoms with E-state index in [0.29, 0.717) is 18.8 Å². The van der Waals surface area contributed by atoms with Crippen molar-refractivity contribution >= 4 is 50.0 Å². The Morgan fingerprint density at radius 2 is 1.78 bits per heavy atom. The van der Waals surface area contributed by atoms with Crippen LogP contribution in [-0.4, -0.2) is 62.9 Å². The summed E-state index contributed by atoms with van der Waals surface area (Å²) in [4.78, 5) is 25.1. The second-order valence-corrected chi connectivity index (χ2v) is 8.69. The highest BCUT2D eigenvalue weighted by molar-refractivity contribution is 14.1. The molecular formula is C14H17IN2O5S. The quantitative estimate of drug-likeness (QED) is 0.517. The van der Waals surface area contributed by atoms with E-state index in [1.54, 1.807) is 17.0 Å². The number of benzene rings is 1. The molecular weight excluding hydrogens is 435 g/mol. The lowest BCUT2D eigenvalue weighted by atomic mass is 10.3. The molecule has 1 aliphatic rings. The minimum absolute atomic E-state index is 0.00761. The summed E-state index contributed by atoms with van der Waals surface area (Å²) in [6.07, 6.45) is 0. The Balaban J connectivity index is 1.69. The number of esters is 1. The fourth-order valence-corrected chi connectivity index (χ4v) is 3.65. The number of anilines is 1. The summed E-state index contributed by atoms with van der Waals surface area (Å²) >= 11 is 2.16. The highest BCUT2D eigenvalue weighted by atomic mass is 127. The summed E-state index contributed by atoms with van der Waals surface area (Å²) in [6.45, 7) is 0.252. The predicted octanol–water partition coefficient (Wildman–Crippen LogP) is 0.503. The SMILES string of the molecule is O=C(COC(=O)CN1CCS(=O)(=O)CC1)Nc1ccc(I)cc1. The first-order valence-electron chi connectivity index (χ1n) is 6.98. The Morgan fingerprint density at radius 1 is 1.17 bits per heavy atom. The number of ether oxygens (including phenoxy) is 1. The van der Waals surface area contributed by atoms with Gasteiger partial charge in [0, 0.05) is 22.3 Å². The zero-order chi connectivity index (χ0) is 16.9. The molecule has 2 rings (SSSR count). The van der Waals surface area contributed by atoms with Gasteiger partial charge < -0.3 is 10.1 Å². The number of nitrogens with zero attached hydrogens (tertiary/aromatic N) is 1. The smallest absolute Gasteiger partial charge is 0.320 e. The van der Waals surface area contributed by atoms with Crippen LogP contribution in [0.25, 0.3) is 0 Å². The molecule has 0 unspecified atom stereocenters. The standard InChI is InChI=1S/C14H17IN2O5S/c15-11-1-3-12(4-2-11)16-13(18)10-22-14(19)9-17-5-7-23(20,21)8-6-17/h1-4H,5-10H2,(H,16,18). The Kier molecular flexibility index (Phi) is 6.36. The molecule has 23 heavy (non-hydrogen) atoms.